The number of aromatic nitrogens is 3. The molecule has 0 fully saturated rings. The second-order valence-corrected chi connectivity index (χ2v) is 5.62. The number of fused-ring (bicyclic) bond motifs is 1. The Morgan fingerprint density at radius 2 is 2.10 bits per heavy atom. The molecule has 21 heavy (non-hydrogen) atoms. The molecule has 0 unspecified atom stereocenters. The van der Waals surface area contributed by atoms with E-state index in [1.165, 1.54) is 5.56 Å². The monoisotopic (exact) mass is 299 g/mol. The van der Waals surface area contributed by atoms with Crippen molar-refractivity contribution in [1.82, 2.24) is 14.5 Å². The van der Waals surface area contributed by atoms with Crippen LogP contribution in [0.15, 0.2) is 53.9 Å². The van der Waals surface area contributed by atoms with Crippen molar-refractivity contribution in [2.24, 2.45) is 0 Å². The molecule has 2 heterocycles. The summed E-state index contributed by atoms with van der Waals surface area (Å²) in [7, 11) is 1.72. The highest BCUT2D eigenvalue weighted by molar-refractivity contribution is 7.98. The maximum absolute atomic E-state index is 5.21. The molecule has 4 nitrogen and oxygen atoms in total. The zero-order valence-electron chi connectivity index (χ0n) is 11.9. The van der Waals surface area contributed by atoms with Gasteiger partial charge in [-0.3, -0.25) is 4.98 Å². The summed E-state index contributed by atoms with van der Waals surface area (Å²) >= 11 is 1.73. The average molecular weight is 299 g/mol. The van der Waals surface area contributed by atoms with Gasteiger partial charge in [0.25, 0.3) is 0 Å². The molecule has 1 aromatic carbocycles. The molecule has 0 atom stereocenters. The van der Waals surface area contributed by atoms with Crippen LogP contribution >= 0.6 is 11.8 Å². The summed E-state index contributed by atoms with van der Waals surface area (Å²) < 4.78 is 7.44. The summed E-state index contributed by atoms with van der Waals surface area (Å²) in [5, 5.41) is 1.03. The fraction of sp³-hybridized carbons (Fsp3) is 0.250. The number of thioether (sulfide) groups is 1. The summed E-state index contributed by atoms with van der Waals surface area (Å²) in [5.41, 5.74) is 3.39. The van der Waals surface area contributed by atoms with Crippen LogP contribution in [-0.2, 0) is 17.0 Å². The fourth-order valence-electron chi connectivity index (χ4n) is 2.19. The van der Waals surface area contributed by atoms with Gasteiger partial charge in [0.2, 0.25) is 0 Å². The number of imidazole rings is 1. The van der Waals surface area contributed by atoms with Crippen LogP contribution < -0.4 is 0 Å². The molecule has 2 aromatic heterocycles. The maximum atomic E-state index is 5.21. The molecule has 0 amide bonds. The van der Waals surface area contributed by atoms with Gasteiger partial charge < -0.3 is 9.30 Å². The lowest BCUT2D eigenvalue weighted by Crippen LogP contribution is -2.05. The van der Waals surface area contributed by atoms with Crippen LogP contribution in [0.3, 0.4) is 0 Å². The van der Waals surface area contributed by atoms with Crippen molar-refractivity contribution in [2.45, 2.75) is 17.5 Å². The van der Waals surface area contributed by atoms with Crippen molar-refractivity contribution in [1.29, 1.82) is 0 Å². The number of hydrogen-bond donors (Lipinski definition) is 0. The number of rotatable bonds is 6. The molecule has 0 aliphatic rings. The molecule has 0 radical (unpaired) electrons. The minimum absolute atomic E-state index is 0.681. The van der Waals surface area contributed by atoms with E-state index in [-0.39, 0.29) is 0 Å². The van der Waals surface area contributed by atoms with Crippen LogP contribution in [0.5, 0.6) is 0 Å². The number of benzene rings is 1. The lowest BCUT2D eigenvalue weighted by Gasteiger charge is -2.08. The van der Waals surface area contributed by atoms with Crippen molar-refractivity contribution in [3.8, 4) is 0 Å². The van der Waals surface area contributed by atoms with Crippen molar-refractivity contribution in [3.05, 3.63) is 54.4 Å². The van der Waals surface area contributed by atoms with Gasteiger partial charge in [0.15, 0.2) is 5.16 Å². The molecule has 0 N–H and O–H groups in total. The maximum Gasteiger partial charge on any atom is 0.169 e. The van der Waals surface area contributed by atoms with Crippen LogP contribution in [-0.4, -0.2) is 28.3 Å². The van der Waals surface area contributed by atoms with Gasteiger partial charge in [-0.05, 0) is 23.8 Å². The van der Waals surface area contributed by atoms with Crippen LogP contribution in [0.2, 0.25) is 0 Å². The smallest absolute Gasteiger partial charge is 0.169 e. The van der Waals surface area contributed by atoms with Crippen LogP contribution in [0.25, 0.3) is 11.0 Å². The van der Waals surface area contributed by atoms with Gasteiger partial charge in [-0.15, -0.1) is 0 Å². The van der Waals surface area contributed by atoms with E-state index >= 15 is 0 Å². The summed E-state index contributed by atoms with van der Waals surface area (Å²) in [6.45, 7) is 1.49. The standard InChI is InChI=1S/C16H17N3OS/c1-20-10-9-19-15-7-3-2-6-14(15)18-16(19)21-12-13-5-4-8-17-11-13/h2-8,11H,9-10,12H2,1H3. The van der Waals surface area contributed by atoms with E-state index in [1.54, 1.807) is 25.1 Å². The third-order valence-electron chi connectivity index (χ3n) is 3.23. The molecule has 0 saturated carbocycles. The van der Waals surface area contributed by atoms with E-state index in [4.69, 9.17) is 9.72 Å². The zero-order valence-corrected chi connectivity index (χ0v) is 12.7. The Balaban J connectivity index is 1.86. The van der Waals surface area contributed by atoms with Crippen molar-refractivity contribution in [2.75, 3.05) is 13.7 Å². The molecule has 0 aliphatic carbocycles. The minimum atomic E-state index is 0.681. The number of methoxy groups -OCH3 is 1. The number of nitrogens with zero attached hydrogens (tertiary/aromatic N) is 3. The SMILES string of the molecule is COCCn1c(SCc2cccnc2)nc2ccccc21. The second-order valence-electron chi connectivity index (χ2n) is 4.68. The van der Waals surface area contributed by atoms with Crippen LogP contribution in [0.4, 0.5) is 0 Å². The Morgan fingerprint density at radius 1 is 1.19 bits per heavy atom. The molecule has 0 bridgehead atoms. The highest BCUT2D eigenvalue weighted by Crippen LogP contribution is 2.26. The summed E-state index contributed by atoms with van der Waals surface area (Å²) in [6.07, 6.45) is 3.69. The lowest BCUT2D eigenvalue weighted by molar-refractivity contribution is 0.186. The third kappa shape index (κ3) is 3.25. The quantitative estimate of drug-likeness (QED) is 0.654. The van der Waals surface area contributed by atoms with Crippen LogP contribution in [0, 0.1) is 0 Å². The molecule has 5 heteroatoms. The molecule has 3 aromatic rings. The number of ether oxygens (including phenoxy) is 1. The highest BCUT2D eigenvalue weighted by atomic mass is 32.2. The van der Waals surface area contributed by atoms with E-state index in [2.05, 4.69) is 21.7 Å². The lowest BCUT2D eigenvalue weighted by atomic mass is 10.3. The summed E-state index contributed by atoms with van der Waals surface area (Å²) in [5.74, 6) is 0.865. The van der Waals surface area contributed by atoms with E-state index in [0.717, 1.165) is 28.5 Å². The second kappa shape index (κ2) is 6.74. The topological polar surface area (TPSA) is 39.9 Å². The van der Waals surface area contributed by atoms with Gasteiger partial charge in [0, 0.05) is 31.8 Å². The molecular weight excluding hydrogens is 282 g/mol. The van der Waals surface area contributed by atoms with Gasteiger partial charge in [0.05, 0.1) is 17.6 Å². The Labute approximate surface area is 128 Å². The molecule has 0 saturated heterocycles. The normalized spacial score (nSPS) is 11.1. The van der Waals surface area contributed by atoms with E-state index in [0.29, 0.717) is 6.61 Å². The average Bonchev–Trinajstić information content (AvgIpc) is 2.89. The summed E-state index contributed by atoms with van der Waals surface area (Å²) in [6, 6.07) is 12.3. The van der Waals surface area contributed by atoms with Crippen molar-refractivity contribution >= 4 is 22.8 Å². The van der Waals surface area contributed by atoms with Crippen molar-refractivity contribution < 1.29 is 4.74 Å². The van der Waals surface area contributed by atoms with Gasteiger partial charge in [0.1, 0.15) is 0 Å². The largest absolute Gasteiger partial charge is 0.383 e. The van der Waals surface area contributed by atoms with Crippen molar-refractivity contribution in [3.63, 3.8) is 0 Å². The first-order chi connectivity index (χ1) is 10.4. The number of pyridine rings is 1. The van der Waals surface area contributed by atoms with E-state index in [1.807, 2.05) is 30.5 Å². The first kappa shape index (κ1) is 14.1. The molecule has 0 aliphatic heterocycles. The van der Waals surface area contributed by atoms with Gasteiger partial charge in [-0.2, -0.15) is 0 Å². The predicted octanol–water partition coefficient (Wildman–Crippen LogP) is 3.37. The Morgan fingerprint density at radius 3 is 2.90 bits per heavy atom. The fourth-order valence-corrected chi connectivity index (χ4v) is 3.17. The first-order valence-electron chi connectivity index (χ1n) is 6.84. The number of para-hydroxylation sites is 2. The number of hydrogen-bond acceptors (Lipinski definition) is 4. The van der Waals surface area contributed by atoms with E-state index in [9.17, 15) is 0 Å². The molecule has 108 valence electrons. The van der Waals surface area contributed by atoms with Crippen LogP contribution in [0.1, 0.15) is 5.56 Å². The predicted molar refractivity (Wildman–Crippen MR) is 85.4 cm³/mol. The Hall–Kier alpha value is -1.85. The Bertz CT molecular complexity index is 712. The molecule has 3 rings (SSSR count). The minimum Gasteiger partial charge on any atom is -0.383 e. The Kier molecular flexibility index (Phi) is 4.52. The van der Waals surface area contributed by atoms with Gasteiger partial charge >= 0.3 is 0 Å². The zero-order chi connectivity index (χ0) is 14.5. The molecular formula is C16H17N3OS. The summed E-state index contributed by atoms with van der Waals surface area (Å²) in [4.78, 5) is 8.88. The first-order valence-corrected chi connectivity index (χ1v) is 7.83. The molecule has 0 spiro atoms. The highest BCUT2D eigenvalue weighted by Gasteiger charge is 2.10. The third-order valence-corrected chi connectivity index (χ3v) is 4.28. The van der Waals surface area contributed by atoms with E-state index < -0.39 is 0 Å². The van der Waals surface area contributed by atoms with Gasteiger partial charge in [-0.1, -0.05) is 30.0 Å². The van der Waals surface area contributed by atoms with Gasteiger partial charge in [-0.25, -0.2) is 4.98 Å².